The van der Waals surface area contributed by atoms with Gasteiger partial charge in [-0.3, -0.25) is 4.79 Å². The number of nitrogens with zero attached hydrogens (tertiary/aromatic N) is 4. The van der Waals surface area contributed by atoms with Crippen molar-refractivity contribution in [3.63, 3.8) is 0 Å². The average molecular weight is 447 g/mol. The SMILES string of the molecule is CCN(CC)C(=O)[C@@H]1Cn2ccnc2C2(CCN(S(=O)(=O)c3ccccc3C)CC2)O1. The summed E-state index contributed by atoms with van der Waals surface area (Å²) in [5.41, 5.74) is -0.0235. The molecule has 1 aromatic heterocycles. The fourth-order valence-electron chi connectivity index (χ4n) is 4.68. The third-order valence-electron chi connectivity index (χ3n) is 6.45. The molecule has 0 N–H and O–H groups in total. The summed E-state index contributed by atoms with van der Waals surface area (Å²) < 4.78 is 36.4. The molecular formula is C22H30N4O4S. The van der Waals surface area contributed by atoms with Gasteiger partial charge >= 0.3 is 0 Å². The van der Waals surface area contributed by atoms with Crippen LogP contribution in [0.25, 0.3) is 0 Å². The Labute approximate surface area is 183 Å². The number of piperidine rings is 1. The third-order valence-corrected chi connectivity index (χ3v) is 8.50. The van der Waals surface area contributed by atoms with Crippen LogP contribution in [0.1, 0.15) is 38.1 Å². The number of hydrogen-bond acceptors (Lipinski definition) is 5. The first kappa shape index (κ1) is 22.0. The number of aromatic nitrogens is 2. The molecule has 168 valence electrons. The van der Waals surface area contributed by atoms with Gasteiger partial charge in [0, 0.05) is 38.6 Å². The molecule has 2 aromatic rings. The lowest BCUT2D eigenvalue weighted by Crippen LogP contribution is -2.55. The summed E-state index contributed by atoms with van der Waals surface area (Å²) in [6.07, 6.45) is 3.91. The van der Waals surface area contributed by atoms with Gasteiger partial charge in [-0.05, 0) is 45.2 Å². The molecule has 0 unspecified atom stereocenters. The number of carbonyl (C=O) groups excluding carboxylic acids is 1. The van der Waals surface area contributed by atoms with Crippen LogP contribution in [0.3, 0.4) is 0 Å². The van der Waals surface area contributed by atoms with Crippen LogP contribution in [0.2, 0.25) is 0 Å². The van der Waals surface area contributed by atoms with Crippen molar-refractivity contribution < 1.29 is 17.9 Å². The van der Waals surface area contributed by atoms with E-state index in [2.05, 4.69) is 4.98 Å². The summed E-state index contributed by atoms with van der Waals surface area (Å²) in [5, 5.41) is 0. The summed E-state index contributed by atoms with van der Waals surface area (Å²) in [7, 11) is -3.59. The zero-order valence-electron chi connectivity index (χ0n) is 18.3. The molecule has 1 aromatic carbocycles. The fraction of sp³-hybridized carbons (Fsp3) is 0.545. The summed E-state index contributed by atoms with van der Waals surface area (Å²) >= 11 is 0. The summed E-state index contributed by atoms with van der Waals surface area (Å²) in [6, 6.07) is 7.04. The monoisotopic (exact) mass is 446 g/mol. The van der Waals surface area contributed by atoms with Gasteiger partial charge in [-0.15, -0.1) is 0 Å². The minimum atomic E-state index is -3.59. The maximum atomic E-state index is 13.2. The zero-order chi connectivity index (χ0) is 22.2. The van der Waals surface area contributed by atoms with Crippen LogP contribution in [0.4, 0.5) is 0 Å². The van der Waals surface area contributed by atoms with E-state index in [-0.39, 0.29) is 5.91 Å². The molecule has 0 radical (unpaired) electrons. The van der Waals surface area contributed by atoms with Crippen LogP contribution in [-0.2, 0) is 31.7 Å². The summed E-state index contributed by atoms with van der Waals surface area (Å²) in [5.74, 6) is 0.753. The van der Waals surface area contributed by atoms with Crippen molar-refractivity contribution in [1.82, 2.24) is 18.8 Å². The second-order valence-electron chi connectivity index (χ2n) is 8.18. The Morgan fingerprint density at radius 1 is 1.23 bits per heavy atom. The largest absolute Gasteiger partial charge is 0.352 e. The van der Waals surface area contributed by atoms with E-state index in [4.69, 9.17) is 4.74 Å². The summed E-state index contributed by atoms with van der Waals surface area (Å²) in [6.45, 7) is 8.03. The van der Waals surface area contributed by atoms with Gasteiger partial charge in [-0.2, -0.15) is 4.31 Å². The fourth-order valence-corrected chi connectivity index (χ4v) is 6.35. The number of benzene rings is 1. The highest BCUT2D eigenvalue weighted by atomic mass is 32.2. The van der Waals surface area contributed by atoms with Gasteiger partial charge in [0.25, 0.3) is 5.91 Å². The van der Waals surface area contributed by atoms with Crippen LogP contribution < -0.4 is 0 Å². The first-order valence-corrected chi connectivity index (χ1v) is 12.3. The van der Waals surface area contributed by atoms with E-state index in [1.165, 1.54) is 4.31 Å². The van der Waals surface area contributed by atoms with Crippen LogP contribution in [0.5, 0.6) is 0 Å². The van der Waals surface area contributed by atoms with Gasteiger partial charge in [0.2, 0.25) is 10.0 Å². The smallest absolute Gasteiger partial charge is 0.253 e. The van der Waals surface area contributed by atoms with E-state index in [1.807, 2.05) is 43.7 Å². The lowest BCUT2D eigenvalue weighted by molar-refractivity contribution is -0.178. The number of likely N-dealkylation sites (N-methyl/N-ethyl adjacent to an activating group) is 1. The normalized spacial score (nSPS) is 21.1. The molecule has 9 heteroatoms. The highest BCUT2D eigenvalue weighted by Crippen LogP contribution is 2.41. The van der Waals surface area contributed by atoms with E-state index < -0.39 is 21.7 Å². The van der Waals surface area contributed by atoms with Crippen molar-refractivity contribution in [3.05, 3.63) is 48.0 Å². The molecule has 3 heterocycles. The minimum Gasteiger partial charge on any atom is -0.352 e. The number of carbonyl (C=O) groups is 1. The van der Waals surface area contributed by atoms with Crippen LogP contribution >= 0.6 is 0 Å². The standard InChI is InChI=1S/C22H30N4O4S/c1-4-24(5-2)20(27)18-16-25-15-12-23-21(25)22(30-18)10-13-26(14-11-22)31(28,29)19-9-7-6-8-17(19)3/h6-9,12,15,18H,4-5,10-11,13-14,16H2,1-3H3/t18-/m0/s1. The molecule has 8 nitrogen and oxygen atoms in total. The van der Waals surface area contributed by atoms with E-state index in [1.54, 1.807) is 23.2 Å². The van der Waals surface area contributed by atoms with Gasteiger partial charge in [-0.25, -0.2) is 13.4 Å². The molecular weight excluding hydrogens is 416 g/mol. The molecule has 31 heavy (non-hydrogen) atoms. The maximum absolute atomic E-state index is 13.2. The van der Waals surface area contributed by atoms with Crippen LogP contribution in [0.15, 0.2) is 41.6 Å². The molecule has 0 saturated carbocycles. The van der Waals surface area contributed by atoms with Crippen molar-refractivity contribution in [2.45, 2.75) is 56.8 Å². The molecule has 0 bridgehead atoms. The van der Waals surface area contributed by atoms with Crippen molar-refractivity contribution in [1.29, 1.82) is 0 Å². The van der Waals surface area contributed by atoms with E-state index >= 15 is 0 Å². The molecule has 1 atom stereocenters. The van der Waals surface area contributed by atoms with Crippen molar-refractivity contribution in [3.8, 4) is 0 Å². The van der Waals surface area contributed by atoms with Gasteiger partial charge in [0.15, 0.2) is 6.10 Å². The van der Waals surface area contributed by atoms with E-state index in [0.717, 1.165) is 11.4 Å². The number of amides is 1. The molecule has 1 saturated heterocycles. The molecule has 4 rings (SSSR count). The highest BCUT2D eigenvalue weighted by molar-refractivity contribution is 7.89. The number of rotatable bonds is 5. The minimum absolute atomic E-state index is 0.0290. The molecule has 1 amide bonds. The first-order valence-electron chi connectivity index (χ1n) is 10.9. The number of hydrogen-bond donors (Lipinski definition) is 0. The average Bonchev–Trinajstić information content (AvgIpc) is 3.25. The Bertz CT molecular complexity index is 1050. The number of ether oxygens (including phenoxy) is 1. The quantitative estimate of drug-likeness (QED) is 0.703. The first-order chi connectivity index (χ1) is 14.8. The number of sulfonamides is 1. The number of imidazole rings is 1. The molecule has 2 aliphatic rings. The van der Waals surface area contributed by atoms with Crippen molar-refractivity contribution >= 4 is 15.9 Å². The predicted octanol–water partition coefficient (Wildman–Crippen LogP) is 2.14. The molecule has 1 spiro atoms. The number of fused-ring (bicyclic) bond motifs is 2. The summed E-state index contributed by atoms with van der Waals surface area (Å²) in [4.78, 5) is 19.7. The zero-order valence-corrected chi connectivity index (χ0v) is 19.1. The Balaban J connectivity index is 1.58. The van der Waals surface area contributed by atoms with Gasteiger partial charge in [-0.1, -0.05) is 18.2 Å². The van der Waals surface area contributed by atoms with E-state index in [0.29, 0.717) is 50.5 Å². The Morgan fingerprint density at radius 2 is 1.90 bits per heavy atom. The third kappa shape index (κ3) is 3.79. The Hall–Kier alpha value is -2.23. The number of aryl methyl sites for hydroxylation is 1. The van der Waals surface area contributed by atoms with E-state index in [9.17, 15) is 13.2 Å². The maximum Gasteiger partial charge on any atom is 0.253 e. The second kappa shape index (κ2) is 8.37. The predicted molar refractivity (Wildman–Crippen MR) is 116 cm³/mol. The highest BCUT2D eigenvalue weighted by Gasteiger charge is 2.49. The Morgan fingerprint density at radius 3 is 2.55 bits per heavy atom. The van der Waals surface area contributed by atoms with Gasteiger partial charge in [0.05, 0.1) is 11.4 Å². The van der Waals surface area contributed by atoms with Crippen LogP contribution in [-0.4, -0.2) is 65.4 Å². The van der Waals surface area contributed by atoms with Crippen LogP contribution in [0, 0.1) is 6.92 Å². The molecule has 0 aliphatic carbocycles. The van der Waals surface area contributed by atoms with Crippen molar-refractivity contribution in [2.24, 2.45) is 0 Å². The topological polar surface area (TPSA) is 84.7 Å². The lowest BCUT2D eigenvalue weighted by atomic mass is 9.89. The molecule has 1 fully saturated rings. The second-order valence-corrected chi connectivity index (χ2v) is 10.1. The molecule has 2 aliphatic heterocycles. The Kier molecular flexibility index (Phi) is 5.93. The van der Waals surface area contributed by atoms with Crippen molar-refractivity contribution in [2.75, 3.05) is 26.2 Å². The van der Waals surface area contributed by atoms with Gasteiger partial charge < -0.3 is 14.2 Å². The van der Waals surface area contributed by atoms with Gasteiger partial charge in [0.1, 0.15) is 11.4 Å². The lowest BCUT2D eigenvalue weighted by Gasteiger charge is -2.45.